The van der Waals surface area contributed by atoms with Crippen molar-refractivity contribution in [3.05, 3.63) is 53.8 Å². The molecule has 0 radical (unpaired) electrons. The largest absolute Gasteiger partial charge is 0.297 e. The standard InChI is InChI=1S/C18H16FNO3S2/c1-12-2-3-14(8-18(12)19)13-4-6-17(7-5-13)25(21,22)23-16-9-15(10-16)20-11-24/h2-8,15-16H,9-10H2,1H3. The van der Waals surface area contributed by atoms with E-state index in [4.69, 9.17) is 4.18 Å². The third kappa shape index (κ3) is 4.02. The van der Waals surface area contributed by atoms with E-state index in [2.05, 4.69) is 22.4 Å². The highest BCUT2D eigenvalue weighted by Crippen LogP contribution is 2.30. The van der Waals surface area contributed by atoms with Crippen molar-refractivity contribution < 1.29 is 17.0 Å². The van der Waals surface area contributed by atoms with E-state index in [0.29, 0.717) is 24.0 Å². The number of aryl methyl sites for hydroxylation is 1. The van der Waals surface area contributed by atoms with Gasteiger partial charge in [-0.1, -0.05) is 24.3 Å². The molecule has 0 saturated heterocycles. The van der Waals surface area contributed by atoms with E-state index in [1.165, 1.54) is 18.2 Å². The fourth-order valence-electron chi connectivity index (χ4n) is 2.62. The van der Waals surface area contributed by atoms with Crippen LogP contribution in [0.5, 0.6) is 0 Å². The molecule has 1 fully saturated rings. The van der Waals surface area contributed by atoms with E-state index < -0.39 is 10.1 Å². The van der Waals surface area contributed by atoms with Gasteiger partial charge in [-0.15, -0.1) is 0 Å². The summed E-state index contributed by atoms with van der Waals surface area (Å²) in [5.41, 5.74) is 1.98. The highest BCUT2D eigenvalue weighted by molar-refractivity contribution is 7.86. The number of isothiocyanates is 1. The maximum Gasteiger partial charge on any atom is 0.297 e. The van der Waals surface area contributed by atoms with E-state index in [1.807, 2.05) is 0 Å². The van der Waals surface area contributed by atoms with Gasteiger partial charge in [0.05, 0.1) is 22.2 Å². The van der Waals surface area contributed by atoms with Crippen molar-refractivity contribution in [3.8, 4) is 11.1 Å². The first kappa shape index (κ1) is 17.9. The zero-order valence-corrected chi connectivity index (χ0v) is 15.1. The molecule has 0 bridgehead atoms. The maximum atomic E-state index is 13.7. The first-order chi connectivity index (χ1) is 11.9. The number of hydrogen-bond donors (Lipinski definition) is 0. The average Bonchev–Trinajstić information content (AvgIpc) is 2.55. The SMILES string of the molecule is Cc1ccc(-c2ccc(S(=O)(=O)OC3CC(N=C=S)C3)cc2)cc1F. The van der Waals surface area contributed by atoms with Crippen LogP contribution in [-0.4, -0.2) is 25.7 Å². The zero-order chi connectivity index (χ0) is 18.0. The first-order valence-corrected chi connectivity index (χ1v) is 9.57. The molecule has 0 amide bonds. The van der Waals surface area contributed by atoms with Gasteiger partial charge in [0.2, 0.25) is 0 Å². The second-order valence-electron chi connectivity index (χ2n) is 6.01. The summed E-state index contributed by atoms with van der Waals surface area (Å²) in [4.78, 5) is 3.98. The van der Waals surface area contributed by atoms with Gasteiger partial charge in [-0.2, -0.15) is 8.42 Å². The number of benzene rings is 2. The molecule has 130 valence electrons. The zero-order valence-electron chi connectivity index (χ0n) is 13.5. The predicted octanol–water partition coefficient (Wildman–Crippen LogP) is 4.14. The van der Waals surface area contributed by atoms with Crippen LogP contribution in [0.25, 0.3) is 11.1 Å². The Kier molecular flexibility index (Phi) is 5.11. The highest BCUT2D eigenvalue weighted by Gasteiger charge is 2.34. The predicted molar refractivity (Wildman–Crippen MR) is 96.7 cm³/mol. The van der Waals surface area contributed by atoms with E-state index in [1.54, 1.807) is 31.2 Å². The van der Waals surface area contributed by atoms with Gasteiger partial charge < -0.3 is 0 Å². The summed E-state index contributed by atoms with van der Waals surface area (Å²) >= 11 is 4.52. The number of aliphatic imine (C=N–C) groups is 1. The maximum absolute atomic E-state index is 13.7. The minimum atomic E-state index is -3.83. The van der Waals surface area contributed by atoms with Gasteiger partial charge in [0.15, 0.2) is 0 Å². The Bertz CT molecular complexity index is 929. The van der Waals surface area contributed by atoms with Gasteiger partial charge in [0, 0.05) is 0 Å². The molecule has 0 N–H and O–H groups in total. The molecule has 25 heavy (non-hydrogen) atoms. The molecule has 0 heterocycles. The van der Waals surface area contributed by atoms with Crippen LogP contribution in [0, 0.1) is 12.7 Å². The molecule has 3 rings (SSSR count). The van der Waals surface area contributed by atoms with E-state index in [9.17, 15) is 12.8 Å². The Labute approximate surface area is 151 Å². The van der Waals surface area contributed by atoms with Crippen molar-refractivity contribution >= 4 is 27.5 Å². The number of halogens is 1. The molecule has 1 saturated carbocycles. The third-order valence-corrected chi connectivity index (χ3v) is 5.70. The normalized spacial score (nSPS) is 19.8. The summed E-state index contributed by atoms with van der Waals surface area (Å²) in [5.74, 6) is -0.295. The Balaban J connectivity index is 1.73. The Morgan fingerprint density at radius 2 is 1.80 bits per heavy atom. The third-order valence-electron chi connectivity index (χ3n) is 4.22. The van der Waals surface area contributed by atoms with Gasteiger partial charge >= 0.3 is 0 Å². The molecule has 0 atom stereocenters. The molecule has 0 aliphatic heterocycles. The number of hydrogen-bond acceptors (Lipinski definition) is 5. The van der Waals surface area contributed by atoms with Crippen molar-refractivity contribution in [1.29, 1.82) is 0 Å². The van der Waals surface area contributed by atoms with Crippen LogP contribution in [0.4, 0.5) is 4.39 Å². The molecule has 2 aromatic rings. The molecular weight excluding hydrogens is 361 g/mol. The summed E-state index contributed by atoms with van der Waals surface area (Å²) in [5, 5.41) is 2.29. The van der Waals surface area contributed by atoms with Gasteiger partial charge in [-0.25, -0.2) is 9.38 Å². The van der Waals surface area contributed by atoms with E-state index in [-0.39, 0.29) is 22.9 Å². The molecule has 1 aliphatic carbocycles. The number of rotatable bonds is 5. The molecule has 4 nitrogen and oxygen atoms in total. The molecule has 0 spiro atoms. The lowest BCUT2D eigenvalue weighted by molar-refractivity contribution is 0.109. The van der Waals surface area contributed by atoms with Crippen molar-refractivity contribution in [1.82, 2.24) is 0 Å². The number of nitrogens with zero attached hydrogens (tertiary/aromatic N) is 1. The summed E-state index contributed by atoms with van der Waals surface area (Å²) in [7, 11) is -3.83. The second-order valence-corrected chi connectivity index (χ2v) is 7.76. The topological polar surface area (TPSA) is 55.7 Å². The summed E-state index contributed by atoms with van der Waals surface area (Å²) in [6.45, 7) is 1.69. The lowest BCUT2D eigenvalue weighted by atomic mass is 9.90. The van der Waals surface area contributed by atoms with Crippen molar-refractivity contribution in [3.63, 3.8) is 0 Å². The van der Waals surface area contributed by atoms with Gasteiger partial charge in [0.1, 0.15) is 5.82 Å². The van der Waals surface area contributed by atoms with Crippen LogP contribution in [0.3, 0.4) is 0 Å². The van der Waals surface area contributed by atoms with E-state index in [0.717, 1.165) is 5.56 Å². The lowest BCUT2D eigenvalue weighted by Gasteiger charge is -2.30. The van der Waals surface area contributed by atoms with Crippen LogP contribution >= 0.6 is 12.2 Å². The van der Waals surface area contributed by atoms with Crippen LogP contribution in [0.15, 0.2) is 52.4 Å². The summed E-state index contributed by atoms with van der Waals surface area (Å²) < 4.78 is 43.5. The minimum absolute atomic E-state index is 0.00323. The molecular formula is C18H16FNO3S2. The molecule has 1 aliphatic rings. The lowest BCUT2D eigenvalue weighted by Crippen LogP contribution is -2.35. The van der Waals surface area contributed by atoms with Crippen LogP contribution in [0.2, 0.25) is 0 Å². The van der Waals surface area contributed by atoms with Crippen LogP contribution in [0.1, 0.15) is 18.4 Å². The molecule has 2 aromatic carbocycles. The molecule has 0 aromatic heterocycles. The summed E-state index contributed by atoms with van der Waals surface area (Å²) in [6.07, 6.45) is 0.653. The van der Waals surface area contributed by atoms with Crippen LogP contribution in [-0.2, 0) is 14.3 Å². The van der Waals surface area contributed by atoms with Crippen LogP contribution < -0.4 is 0 Å². The number of thiocarbonyl (C=S) groups is 1. The Hall–Kier alpha value is -1.92. The average molecular weight is 377 g/mol. The molecule has 0 unspecified atom stereocenters. The van der Waals surface area contributed by atoms with Gasteiger partial charge in [-0.3, -0.25) is 4.18 Å². The monoisotopic (exact) mass is 377 g/mol. The van der Waals surface area contributed by atoms with Gasteiger partial charge in [0.25, 0.3) is 10.1 Å². The second kappa shape index (κ2) is 7.14. The molecule has 7 heteroatoms. The van der Waals surface area contributed by atoms with Crippen molar-refractivity contribution in [2.45, 2.75) is 36.8 Å². The van der Waals surface area contributed by atoms with Gasteiger partial charge in [-0.05, 0) is 66.9 Å². The van der Waals surface area contributed by atoms with E-state index >= 15 is 0 Å². The fraction of sp³-hybridized carbons (Fsp3) is 0.278. The first-order valence-electron chi connectivity index (χ1n) is 7.76. The van der Waals surface area contributed by atoms with Crippen molar-refractivity contribution in [2.75, 3.05) is 0 Å². The quantitative estimate of drug-likeness (QED) is 0.446. The minimum Gasteiger partial charge on any atom is -0.263 e. The highest BCUT2D eigenvalue weighted by atomic mass is 32.2. The summed E-state index contributed by atoms with van der Waals surface area (Å²) in [6, 6.07) is 11.1. The fourth-order valence-corrected chi connectivity index (χ4v) is 3.86. The van der Waals surface area contributed by atoms with Crippen molar-refractivity contribution in [2.24, 2.45) is 4.99 Å². The Morgan fingerprint density at radius 3 is 2.40 bits per heavy atom. The smallest absolute Gasteiger partial charge is 0.263 e. The Morgan fingerprint density at radius 1 is 1.16 bits per heavy atom.